The van der Waals surface area contributed by atoms with Crippen LogP contribution in [0.15, 0.2) is 72.8 Å². The van der Waals surface area contributed by atoms with Crippen molar-refractivity contribution in [3.05, 3.63) is 101 Å². The molecule has 0 spiro atoms. The topological polar surface area (TPSA) is 49.8 Å². The maximum Gasteiger partial charge on any atom is 0.341 e. The zero-order valence-electron chi connectivity index (χ0n) is 20.7. The van der Waals surface area contributed by atoms with E-state index in [1.807, 2.05) is 12.1 Å². The number of hydrogen-bond donors (Lipinski definition) is 1. The van der Waals surface area contributed by atoms with Gasteiger partial charge in [0, 0.05) is 6.07 Å². The van der Waals surface area contributed by atoms with Gasteiger partial charge in [-0.25, -0.2) is 18.0 Å². The molecule has 1 heterocycles. The molecule has 4 nitrogen and oxygen atoms in total. The first kappa shape index (κ1) is 27.3. The summed E-state index contributed by atoms with van der Waals surface area (Å²) in [5, 5.41) is 11.7. The molecule has 1 aliphatic heterocycles. The molecule has 4 aromatic rings. The number of carboxylic acid groups (broad SMARTS) is 1. The Morgan fingerprint density at radius 3 is 2.55 bits per heavy atom. The highest BCUT2D eigenvalue weighted by molar-refractivity contribution is 5.90. The van der Waals surface area contributed by atoms with E-state index in [2.05, 4.69) is 37.3 Å². The van der Waals surface area contributed by atoms with Crippen LogP contribution < -0.4 is 9.64 Å². The van der Waals surface area contributed by atoms with E-state index in [-0.39, 0.29) is 30.4 Å². The maximum atomic E-state index is 15.2. The summed E-state index contributed by atoms with van der Waals surface area (Å²) in [7, 11) is 0. The molecule has 4 aromatic carbocycles. The van der Waals surface area contributed by atoms with Gasteiger partial charge in [0.05, 0.1) is 17.9 Å². The van der Waals surface area contributed by atoms with Gasteiger partial charge >= 0.3 is 5.97 Å². The summed E-state index contributed by atoms with van der Waals surface area (Å²) in [6, 6.07) is 20.6. The normalized spacial score (nSPS) is 15.4. The Morgan fingerprint density at radius 1 is 1.03 bits per heavy atom. The van der Waals surface area contributed by atoms with Gasteiger partial charge in [-0.1, -0.05) is 49.4 Å². The smallest absolute Gasteiger partial charge is 0.341 e. The third-order valence-corrected chi connectivity index (χ3v) is 6.99. The lowest BCUT2D eigenvalue weighted by molar-refractivity contribution is 0.0686. The molecule has 198 valence electrons. The Morgan fingerprint density at radius 2 is 1.76 bits per heavy atom. The number of nitrogens with zero attached hydrogens (tertiary/aromatic N) is 1. The van der Waals surface area contributed by atoms with Gasteiger partial charge in [-0.3, -0.25) is 0 Å². The van der Waals surface area contributed by atoms with Gasteiger partial charge in [0.25, 0.3) is 0 Å². The highest BCUT2D eigenvalue weighted by Crippen LogP contribution is 2.41. The van der Waals surface area contributed by atoms with Crippen LogP contribution >= 0.6 is 12.4 Å². The molecule has 2 atom stereocenters. The quantitative estimate of drug-likeness (QED) is 0.256. The van der Waals surface area contributed by atoms with E-state index in [0.717, 1.165) is 18.9 Å². The standard InChI is InChI=1S/C30H26F3NO3.ClH/c1-18(22-11-5-8-19-7-2-3-10-23(19)22)6-4-9-21-17-34(25-14-12-20(31)16-27(25)37-21)26-15-13-24(32)28(29(26)33)30(35)36;/h2-3,5,7-8,10-16,18,21H,4,6,9,17H2,1H3,(H,35,36);1H/t18-,21?;/m0./s1. The number of aromatic carboxylic acids is 1. The van der Waals surface area contributed by atoms with E-state index < -0.39 is 35.1 Å². The van der Waals surface area contributed by atoms with Gasteiger partial charge in [0.2, 0.25) is 0 Å². The summed E-state index contributed by atoms with van der Waals surface area (Å²) in [5.74, 6) is -3.99. The number of rotatable bonds is 7. The van der Waals surface area contributed by atoms with Crippen molar-refractivity contribution in [3.8, 4) is 5.75 Å². The average Bonchev–Trinajstić information content (AvgIpc) is 2.87. The van der Waals surface area contributed by atoms with Crippen molar-refractivity contribution in [2.75, 3.05) is 11.4 Å². The summed E-state index contributed by atoms with van der Waals surface area (Å²) in [4.78, 5) is 13.0. The molecule has 5 rings (SSSR count). The van der Waals surface area contributed by atoms with Crippen molar-refractivity contribution >= 4 is 40.5 Å². The minimum absolute atomic E-state index is 0. The first-order valence-corrected chi connectivity index (χ1v) is 12.3. The van der Waals surface area contributed by atoms with Crippen molar-refractivity contribution in [3.63, 3.8) is 0 Å². The monoisotopic (exact) mass is 541 g/mol. The highest BCUT2D eigenvalue weighted by atomic mass is 35.5. The lowest BCUT2D eigenvalue weighted by atomic mass is 9.90. The second kappa shape index (κ2) is 11.4. The second-order valence-corrected chi connectivity index (χ2v) is 9.42. The van der Waals surface area contributed by atoms with E-state index in [4.69, 9.17) is 4.74 Å². The predicted octanol–water partition coefficient (Wildman–Crippen LogP) is 8.25. The summed E-state index contributed by atoms with van der Waals surface area (Å²) < 4.78 is 49.3. The van der Waals surface area contributed by atoms with Crippen molar-refractivity contribution in [2.45, 2.75) is 38.2 Å². The number of carbonyl (C=O) groups is 1. The molecular weight excluding hydrogens is 515 g/mol. The molecule has 1 N–H and O–H groups in total. The summed E-state index contributed by atoms with van der Waals surface area (Å²) in [6.07, 6.45) is 1.92. The van der Waals surface area contributed by atoms with Crippen molar-refractivity contribution < 1.29 is 27.8 Å². The van der Waals surface area contributed by atoms with E-state index >= 15 is 4.39 Å². The molecule has 0 aliphatic carbocycles. The Balaban J connectivity index is 0.00000336. The average molecular weight is 542 g/mol. The lowest BCUT2D eigenvalue weighted by Crippen LogP contribution is -2.38. The Hall–Kier alpha value is -3.71. The largest absolute Gasteiger partial charge is 0.486 e. The highest BCUT2D eigenvalue weighted by Gasteiger charge is 2.31. The number of hydrogen-bond acceptors (Lipinski definition) is 3. The van der Waals surface area contributed by atoms with Crippen LogP contribution in [0, 0.1) is 17.5 Å². The minimum atomic E-state index is -1.69. The molecule has 0 fully saturated rings. The third kappa shape index (κ3) is 5.29. The summed E-state index contributed by atoms with van der Waals surface area (Å²) in [6.45, 7) is 2.39. The first-order valence-electron chi connectivity index (χ1n) is 12.3. The van der Waals surface area contributed by atoms with Gasteiger partial charge in [-0.15, -0.1) is 12.4 Å². The van der Waals surface area contributed by atoms with Crippen LogP contribution in [-0.4, -0.2) is 23.7 Å². The number of carboxylic acids is 1. The first-order chi connectivity index (χ1) is 17.8. The number of halogens is 4. The number of benzene rings is 4. The van der Waals surface area contributed by atoms with Crippen LogP contribution in [0.2, 0.25) is 0 Å². The fourth-order valence-electron chi connectivity index (χ4n) is 5.14. The van der Waals surface area contributed by atoms with Gasteiger partial charge in [0.1, 0.15) is 29.1 Å². The Bertz CT molecular complexity index is 1470. The molecule has 0 bridgehead atoms. The fourth-order valence-corrected chi connectivity index (χ4v) is 5.14. The maximum absolute atomic E-state index is 15.2. The van der Waals surface area contributed by atoms with Crippen LogP contribution in [0.4, 0.5) is 24.5 Å². The number of fused-ring (bicyclic) bond motifs is 2. The van der Waals surface area contributed by atoms with Crippen LogP contribution in [0.5, 0.6) is 5.75 Å². The van der Waals surface area contributed by atoms with Crippen molar-refractivity contribution in [1.82, 2.24) is 0 Å². The number of anilines is 2. The SMILES string of the molecule is C[C@@H](CCCC1CN(c2ccc(F)c(C(=O)O)c2F)c2ccc(F)cc2O1)c1cccc2ccccc12.Cl. The molecule has 1 aliphatic rings. The second-order valence-electron chi connectivity index (χ2n) is 9.42. The zero-order valence-corrected chi connectivity index (χ0v) is 21.5. The third-order valence-electron chi connectivity index (χ3n) is 6.99. The summed E-state index contributed by atoms with van der Waals surface area (Å²) >= 11 is 0. The minimum Gasteiger partial charge on any atom is -0.486 e. The van der Waals surface area contributed by atoms with Crippen molar-refractivity contribution in [2.24, 2.45) is 0 Å². The van der Waals surface area contributed by atoms with Gasteiger partial charge in [-0.2, -0.15) is 0 Å². The molecule has 0 saturated heterocycles. The summed E-state index contributed by atoms with van der Waals surface area (Å²) in [5.41, 5.74) is 0.548. The molecule has 1 unspecified atom stereocenters. The molecule has 0 saturated carbocycles. The Kier molecular flexibility index (Phi) is 8.17. The van der Waals surface area contributed by atoms with E-state index in [1.165, 1.54) is 45.5 Å². The zero-order chi connectivity index (χ0) is 26.1. The number of ether oxygens (including phenoxy) is 1. The van der Waals surface area contributed by atoms with Crippen LogP contribution in [0.1, 0.15) is 48.0 Å². The Labute approximate surface area is 225 Å². The van der Waals surface area contributed by atoms with E-state index in [0.29, 0.717) is 18.0 Å². The lowest BCUT2D eigenvalue weighted by Gasteiger charge is -2.37. The molecule has 0 amide bonds. The molecule has 0 radical (unpaired) electrons. The van der Waals surface area contributed by atoms with E-state index in [1.54, 1.807) is 0 Å². The van der Waals surface area contributed by atoms with E-state index in [9.17, 15) is 18.7 Å². The predicted molar refractivity (Wildman–Crippen MR) is 145 cm³/mol. The van der Waals surface area contributed by atoms with Gasteiger partial charge < -0.3 is 14.7 Å². The van der Waals surface area contributed by atoms with Crippen LogP contribution in [-0.2, 0) is 0 Å². The molecule has 0 aromatic heterocycles. The molecular formula is C30H27ClF3NO3. The van der Waals surface area contributed by atoms with Crippen LogP contribution in [0.3, 0.4) is 0 Å². The fraction of sp³-hybridized carbons (Fsp3) is 0.233. The van der Waals surface area contributed by atoms with Gasteiger partial charge in [-0.05, 0) is 65.8 Å². The van der Waals surface area contributed by atoms with Crippen LogP contribution in [0.25, 0.3) is 10.8 Å². The molecule has 8 heteroatoms. The van der Waals surface area contributed by atoms with Gasteiger partial charge in [0.15, 0.2) is 5.82 Å². The van der Waals surface area contributed by atoms with Crippen molar-refractivity contribution in [1.29, 1.82) is 0 Å². The molecule has 38 heavy (non-hydrogen) atoms.